The van der Waals surface area contributed by atoms with Gasteiger partial charge >= 0.3 is 16.3 Å². The van der Waals surface area contributed by atoms with Crippen molar-refractivity contribution in [1.29, 1.82) is 0 Å². The number of carbonyl (C=O) groups excluding carboxylic acids is 1. The normalized spacial score (nSPS) is 12.7. The number of hydrogen-bond donors (Lipinski definition) is 2. The Morgan fingerprint density at radius 3 is 2.27 bits per heavy atom. The molecular formula is C7H15N3O4S. The zero-order valence-electron chi connectivity index (χ0n) is 9.07. The van der Waals surface area contributed by atoms with E-state index in [9.17, 15) is 13.2 Å². The fourth-order valence-electron chi connectivity index (χ4n) is 0.603. The van der Waals surface area contributed by atoms with Crippen molar-refractivity contribution in [3.63, 3.8) is 0 Å². The Morgan fingerprint density at radius 1 is 1.40 bits per heavy atom. The van der Waals surface area contributed by atoms with Gasteiger partial charge in [0.05, 0.1) is 7.11 Å². The van der Waals surface area contributed by atoms with Crippen molar-refractivity contribution in [2.24, 2.45) is 10.3 Å². The Hall–Kier alpha value is -1.15. The van der Waals surface area contributed by atoms with Crippen LogP contribution in [0.25, 0.3) is 0 Å². The minimum Gasteiger partial charge on any atom is -0.453 e. The smallest absolute Gasteiger partial charge is 0.412 e. The number of alkyl carbamates (subject to hydrolysis) is 1. The molecule has 0 rings (SSSR count). The van der Waals surface area contributed by atoms with Crippen LogP contribution in [0.15, 0.2) is 4.40 Å². The van der Waals surface area contributed by atoms with Crippen LogP contribution in [0.2, 0.25) is 0 Å². The molecule has 0 aliphatic heterocycles. The fourth-order valence-corrected chi connectivity index (χ4v) is 1.21. The van der Waals surface area contributed by atoms with E-state index in [1.807, 2.05) is 4.72 Å². The first kappa shape index (κ1) is 13.8. The second-order valence-electron chi connectivity index (χ2n) is 2.93. The lowest BCUT2D eigenvalue weighted by Gasteiger charge is -2.10. The Balaban J connectivity index is 4.91. The quantitative estimate of drug-likeness (QED) is 0.527. The minimum atomic E-state index is -3.75. The van der Waals surface area contributed by atoms with Crippen LogP contribution in [-0.2, 0) is 14.9 Å². The highest BCUT2D eigenvalue weighted by atomic mass is 32.2. The van der Waals surface area contributed by atoms with E-state index in [4.69, 9.17) is 0 Å². The number of ether oxygens (including phenoxy) is 1. The van der Waals surface area contributed by atoms with Crippen LogP contribution in [0.5, 0.6) is 0 Å². The van der Waals surface area contributed by atoms with Gasteiger partial charge in [-0.2, -0.15) is 13.1 Å². The van der Waals surface area contributed by atoms with Gasteiger partial charge in [-0.1, -0.05) is 13.8 Å². The van der Waals surface area contributed by atoms with E-state index in [0.717, 1.165) is 0 Å². The second kappa shape index (κ2) is 5.66. The van der Waals surface area contributed by atoms with E-state index in [-0.39, 0.29) is 11.8 Å². The molecule has 0 fully saturated rings. The third-order valence-electron chi connectivity index (χ3n) is 1.44. The molecule has 0 aromatic carbocycles. The van der Waals surface area contributed by atoms with Crippen LogP contribution in [0, 0.1) is 5.92 Å². The van der Waals surface area contributed by atoms with Crippen LogP contribution >= 0.6 is 0 Å². The molecule has 0 saturated heterocycles. The summed E-state index contributed by atoms with van der Waals surface area (Å²) in [6, 6.07) is 0. The number of rotatable bonds is 3. The molecule has 0 atom stereocenters. The third kappa shape index (κ3) is 5.33. The summed E-state index contributed by atoms with van der Waals surface area (Å²) < 4.78 is 31.9. The summed E-state index contributed by atoms with van der Waals surface area (Å²) in [5.74, 6) is -0.219. The Labute approximate surface area is 89.1 Å². The van der Waals surface area contributed by atoms with Gasteiger partial charge in [-0.25, -0.2) is 4.79 Å². The van der Waals surface area contributed by atoms with Crippen LogP contribution in [0.1, 0.15) is 13.8 Å². The third-order valence-corrected chi connectivity index (χ3v) is 2.39. The van der Waals surface area contributed by atoms with Gasteiger partial charge in [0.25, 0.3) is 0 Å². The van der Waals surface area contributed by atoms with Gasteiger partial charge in [0.15, 0.2) is 0 Å². The van der Waals surface area contributed by atoms with Crippen LogP contribution in [-0.4, -0.2) is 34.5 Å². The summed E-state index contributed by atoms with van der Waals surface area (Å²) in [5, 5.41) is 2.23. The lowest BCUT2D eigenvalue weighted by molar-refractivity contribution is 0.176. The second-order valence-corrected chi connectivity index (χ2v) is 4.47. The minimum absolute atomic E-state index is 0.0243. The highest BCUT2D eigenvalue weighted by molar-refractivity contribution is 7.88. The van der Waals surface area contributed by atoms with Gasteiger partial charge in [0, 0.05) is 13.0 Å². The largest absolute Gasteiger partial charge is 0.453 e. The average Bonchev–Trinajstić information content (AvgIpc) is 2.16. The molecule has 0 saturated carbocycles. The molecular weight excluding hydrogens is 222 g/mol. The molecule has 2 N–H and O–H groups in total. The number of amides is 1. The van der Waals surface area contributed by atoms with E-state index >= 15 is 0 Å². The van der Waals surface area contributed by atoms with Crippen molar-refractivity contribution >= 4 is 22.1 Å². The zero-order valence-corrected chi connectivity index (χ0v) is 9.88. The predicted octanol–water partition coefficient (Wildman–Crippen LogP) is -0.139. The van der Waals surface area contributed by atoms with Crippen LogP contribution < -0.4 is 10.0 Å². The molecule has 0 aliphatic carbocycles. The number of nitrogens with zero attached hydrogens (tertiary/aromatic N) is 1. The predicted molar refractivity (Wildman–Crippen MR) is 55.8 cm³/mol. The molecule has 7 nitrogen and oxygen atoms in total. The van der Waals surface area contributed by atoms with Gasteiger partial charge in [-0.05, 0) is 0 Å². The number of methoxy groups -OCH3 is 1. The van der Waals surface area contributed by atoms with Crippen molar-refractivity contribution < 1.29 is 17.9 Å². The molecule has 15 heavy (non-hydrogen) atoms. The van der Waals surface area contributed by atoms with Gasteiger partial charge in [0.2, 0.25) is 0 Å². The molecule has 0 aromatic heterocycles. The standard InChI is InChI=1S/C7H15N3O4S/c1-5(2)6(9-7(11)14-4)10-15(12,13)8-3/h5,8H,1-4H3,(H,9,10,11). The molecule has 88 valence electrons. The SMILES string of the molecule is CNS(=O)(=O)N=C(NC(=O)OC)C(C)C. The lowest BCUT2D eigenvalue weighted by Crippen LogP contribution is -2.35. The summed E-state index contributed by atoms with van der Waals surface area (Å²) in [6.45, 7) is 3.39. The van der Waals surface area contributed by atoms with E-state index in [1.54, 1.807) is 13.8 Å². The van der Waals surface area contributed by atoms with E-state index in [1.165, 1.54) is 14.2 Å². The first-order valence-electron chi connectivity index (χ1n) is 4.20. The molecule has 0 unspecified atom stereocenters. The average molecular weight is 237 g/mol. The first-order valence-corrected chi connectivity index (χ1v) is 5.64. The maximum absolute atomic E-state index is 11.1. The van der Waals surface area contributed by atoms with Crippen molar-refractivity contribution in [2.45, 2.75) is 13.8 Å². The Bertz CT molecular complexity index is 347. The molecule has 0 spiro atoms. The Morgan fingerprint density at radius 2 is 1.93 bits per heavy atom. The summed E-state index contributed by atoms with van der Waals surface area (Å²) >= 11 is 0. The highest BCUT2D eigenvalue weighted by Crippen LogP contribution is 1.98. The molecule has 8 heteroatoms. The summed E-state index contributed by atoms with van der Waals surface area (Å²) in [7, 11) is -1.34. The monoisotopic (exact) mass is 237 g/mol. The lowest BCUT2D eigenvalue weighted by atomic mass is 10.2. The van der Waals surface area contributed by atoms with E-state index in [2.05, 4.69) is 14.5 Å². The number of carbonyl (C=O) groups is 1. The van der Waals surface area contributed by atoms with Crippen molar-refractivity contribution in [3.8, 4) is 0 Å². The van der Waals surface area contributed by atoms with E-state index < -0.39 is 16.3 Å². The van der Waals surface area contributed by atoms with Gasteiger partial charge in [0.1, 0.15) is 5.84 Å². The number of nitrogens with one attached hydrogen (secondary N) is 2. The molecule has 0 aliphatic rings. The van der Waals surface area contributed by atoms with Gasteiger partial charge in [-0.15, -0.1) is 4.40 Å². The van der Waals surface area contributed by atoms with Gasteiger partial charge in [-0.3, -0.25) is 5.32 Å². The van der Waals surface area contributed by atoms with Crippen LogP contribution in [0.3, 0.4) is 0 Å². The number of hydrogen-bond acceptors (Lipinski definition) is 4. The topological polar surface area (TPSA) is 96.9 Å². The van der Waals surface area contributed by atoms with Crippen molar-refractivity contribution in [2.75, 3.05) is 14.2 Å². The first-order chi connectivity index (χ1) is 6.82. The molecule has 0 aromatic rings. The van der Waals surface area contributed by atoms with Gasteiger partial charge < -0.3 is 4.74 Å². The molecule has 0 bridgehead atoms. The summed E-state index contributed by atoms with van der Waals surface area (Å²) in [6.07, 6.45) is -0.756. The molecule has 0 heterocycles. The van der Waals surface area contributed by atoms with Crippen molar-refractivity contribution in [1.82, 2.24) is 10.0 Å². The Kier molecular flexibility index (Phi) is 5.23. The van der Waals surface area contributed by atoms with Crippen molar-refractivity contribution in [3.05, 3.63) is 0 Å². The molecule has 0 radical (unpaired) electrons. The maximum atomic E-state index is 11.1. The highest BCUT2D eigenvalue weighted by Gasteiger charge is 2.14. The fraction of sp³-hybridized carbons (Fsp3) is 0.714. The van der Waals surface area contributed by atoms with Crippen LogP contribution in [0.4, 0.5) is 4.79 Å². The number of amidine groups is 1. The summed E-state index contributed by atoms with van der Waals surface area (Å²) in [4.78, 5) is 10.9. The summed E-state index contributed by atoms with van der Waals surface area (Å²) in [5.41, 5.74) is 0. The maximum Gasteiger partial charge on any atom is 0.412 e. The zero-order chi connectivity index (χ0) is 12.1. The molecule has 1 amide bonds. The van der Waals surface area contributed by atoms with E-state index in [0.29, 0.717) is 0 Å².